The molecule has 142 valence electrons. The summed E-state index contributed by atoms with van der Waals surface area (Å²) in [7, 11) is 0. The second kappa shape index (κ2) is 6.78. The monoisotopic (exact) mass is 359 g/mol. The Labute approximate surface area is 164 Å². The molecule has 0 spiro atoms. The molecule has 0 saturated heterocycles. The fourth-order valence-corrected chi connectivity index (χ4v) is 7.25. The average Bonchev–Trinajstić information content (AvgIpc) is 3.05. The zero-order valence-electron chi connectivity index (χ0n) is 16.6. The SMILES string of the molecule is CC(C[C@]12CC[C@@H]3c4ccccc4CC[C@H]3[C@@H]1CCC2N)c1ccccc1. The van der Waals surface area contributed by atoms with Gasteiger partial charge in [-0.1, -0.05) is 61.5 Å². The Morgan fingerprint density at radius 3 is 2.59 bits per heavy atom. The van der Waals surface area contributed by atoms with Crippen LogP contribution in [0.5, 0.6) is 0 Å². The van der Waals surface area contributed by atoms with Crippen LogP contribution >= 0.6 is 0 Å². The van der Waals surface area contributed by atoms with Gasteiger partial charge in [0.2, 0.25) is 0 Å². The largest absolute Gasteiger partial charge is 0.327 e. The van der Waals surface area contributed by atoms with Crippen molar-refractivity contribution in [1.29, 1.82) is 0 Å². The molecule has 3 aliphatic rings. The third-order valence-corrected chi connectivity index (χ3v) is 8.48. The summed E-state index contributed by atoms with van der Waals surface area (Å²) >= 11 is 0. The van der Waals surface area contributed by atoms with Gasteiger partial charge in [-0.25, -0.2) is 0 Å². The number of aryl methyl sites for hydroxylation is 1. The standard InChI is InChI=1S/C26H33N/c1-18(19-7-3-2-4-8-19)17-26-16-15-22-21-10-6-5-9-20(21)11-12-23(22)24(26)13-14-25(26)27/h2-10,18,22-25H,11-17,27H2,1H3/t18?,22-,23-,24+,25?,26-/m1/s1. The predicted octanol–water partition coefficient (Wildman–Crippen LogP) is 6.04. The molecule has 2 unspecified atom stereocenters. The van der Waals surface area contributed by atoms with Gasteiger partial charge in [0.15, 0.2) is 0 Å². The Morgan fingerprint density at radius 2 is 1.74 bits per heavy atom. The van der Waals surface area contributed by atoms with E-state index in [0.29, 0.717) is 17.4 Å². The van der Waals surface area contributed by atoms with Crippen LogP contribution in [-0.4, -0.2) is 6.04 Å². The Kier molecular flexibility index (Phi) is 4.39. The molecule has 2 aromatic rings. The Morgan fingerprint density at radius 1 is 0.963 bits per heavy atom. The van der Waals surface area contributed by atoms with Gasteiger partial charge >= 0.3 is 0 Å². The minimum Gasteiger partial charge on any atom is -0.327 e. The van der Waals surface area contributed by atoms with Crippen LogP contribution in [0.25, 0.3) is 0 Å². The van der Waals surface area contributed by atoms with Gasteiger partial charge in [0.25, 0.3) is 0 Å². The lowest BCUT2D eigenvalue weighted by Gasteiger charge is -2.53. The Hall–Kier alpha value is -1.60. The molecule has 2 fully saturated rings. The van der Waals surface area contributed by atoms with Gasteiger partial charge in [-0.05, 0) is 90.7 Å². The topological polar surface area (TPSA) is 26.0 Å². The van der Waals surface area contributed by atoms with E-state index in [4.69, 9.17) is 5.73 Å². The first-order chi connectivity index (χ1) is 13.2. The molecule has 0 aromatic heterocycles. The molecule has 0 aliphatic heterocycles. The molecule has 0 heterocycles. The number of benzene rings is 2. The van der Waals surface area contributed by atoms with Crippen molar-refractivity contribution in [3.8, 4) is 0 Å². The van der Waals surface area contributed by atoms with Crippen LogP contribution in [0.3, 0.4) is 0 Å². The smallest absolute Gasteiger partial charge is 0.00986 e. The zero-order chi connectivity index (χ0) is 18.4. The van der Waals surface area contributed by atoms with Crippen molar-refractivity contribution in [2.24, 2.45) is 23.0 Å². The van der Waals surface area contributed by atoms with E-state index in [-0.39, 0.29) is 0 Å². The average molecular weight is 360 g/mol. The first kappa shape index (κ1) is 17.5. The molecule has 0 amide bonds. The molecule has 1 nitrogen and oxygen atoms in total. The van der Waals surface area contributed by atoms with Gasteiger partial charge in [0, 0.05) is 6.04 Å². The molecule has 27 heavy (non-hydrogen) atoms. The van der Waals surface area contributed by atoms with Gasteiger partial charge in [-0.2, -0.15) is 0 Å². The highest BCUT2D eigenvalue weighted by Crippen LogP contribution is 2.63. The lowest BCUT2D eigenvalue weighted by Crippen LogP contribution is -2.49. The van der Waals surface area contributed by atoms with E-state index in [1.54, 1.807) is 11.1 Å². The molecule has 5 rings (SSSR count). The number of hydrogen-bond acceptors (Lipinski definition) is 1. The van der Waals surface area contributed by atoms with E-state index < -0.39 is 0 Å². The first-order valence-corrected chi connectivity index (χ1v) is 11.1. The normalized spacial score (nSPS) is 35.8. The molecule has 2 N–H and O–H groups in total. The molecular weight excluding hydrogens is 326 g/mol. The maximum Gasteiger partial charge on any atom is 0.00986 e. The maximum absolute atomic E-state index is 6.87. The quantitative estimate of drug-likeness (QED) is 0.710. The van der Waals surface area contributed by atoms with E-state index in [2.05, 4.69) is 61.5 Å². The van der Waals surface area contributed by atoms with Crippen LogP contribution in [-0.2, 0) is 6.42 Å². The summed E-state index contributed by atoms with van der Waals surface area (Å²) in [6, 6.07) is 20.8. The first-order valence-electron chi connectivity index (χ1n) is 11.1. The maximum atomic E-state index is 6.87. The van der Waals surface area contributed by atoms with Crippen LogP contribution < -0.4 is 5.73 Å². The van der Waals surface area contributed by atoms with Gasteiger partial charge in [0.05, 0.1) is 0 Å². The van der Waals surface area contributed by atoms with Crippen molar-refractivity contribution in [2.75, 3.05) is 0 Å². The summed E-state index contributed by atoms with van der Waals surface area (Å²) in [5, 5.41) is 0. The summed E-state index contributed by atoms with van der Waals surface area (Å²) < 4.78 is 0. The highest BCUT2D eigenvalue weighted by Gasteiger charge is 2.56. The van der Waals surface area contributed by atoms with Crippen molar-refractivity contribution in [1.82, 2.24) is 0 Å². The minimum atomic E-state index is 0.364. The fourth-order valence-electron chi connectivity index (χ4n) is 7.25. The molecule has 3 aliphatic carbocycles. The zero-order valence-corrected chi connectivity index (χ0v) is 16.6. The van der Waals surface area contributed by atoms with Crippen LogP contribution in [0.1, 0.15) is 74.0 Å². The molecule has 1 heteroatoms. The second-order valence-electron chi connectivity index (χ2n) is 9.59. The molecule has 2 saturated carbocycles. The molecule has 2 aromatic carbocycles. The fraction of sp³-hybridized carbons (Fsp3) is 0.538. The molecule has 6 atom stereocenters. The van der Waals surface area contributed by atoms with Crippen molar-refractivity contribution in [2.45, 2.75) is 69.7 Å². The third kappa shape index (κ3) is 2.78. The Balaban J connectivity index is 1.45. The van der Waals surface area contributed by atoms with Gasteiger partial charge < -0.3 is 5.73 Å². The van der Waals surface area contributed by atoms with Crippen LogP contribution in [0.2, 0.25) is 0 Å². The summed E-state index contributed by atoms with van der Waals surface area (Å²) in [4.78, 5) is 0. The van der Waals surface area contributed by atoms with Gasteiger partial charge in [-0.3, -0.25) is 0 Å². The van der Waals surface area contributed by atoms with Crippen molar-refractivity contribution >= 4 is 0 Å². The molecular formula is C26H33N. The summed E-state index contributed by atoms with van der Waals surface area (Å²) in [6.07, 6.45) is 9.17. The summed E-state index contributed by atoms with van der Waals surface area (Å²) in [5.41, 5.74) is 12.0. The van der Waals surface area contributed by atoms with Crippen molar-refractivity contribution in [3.05, 3.63) is 71.3 Å². The number of nitrogens with two attached hydrogens (primary N) is 1. The van der Waals surface area contributed by atoms with Crippen LogP contribution in [0.15, 0.2) is 54.6 Å². The van der Waals surface area contributed by atoms with E-state index in [0.717, 1.165) is 17.8 Å². The van der Waals surface area contributed by atoms with E-state index >= 15 is 0 Å². The van der Waals surface area contributed by atoms with Crippen LogP contribution in [0.4, 0.5) is 0 Å². The van der Waals surface area contributed by atoms with Gasteiger partial charge in [-0.15, -0.1) is 0 Å². The Bertz CT molecular complexity index is 797. The van der Waals surface area contributed by atoms with Crippen molar-refractivity contribution in [3.63, 3.8) is 0 Å². The van der Waals surface area contributed by atoms with E-state index in [1.165, 1.54) is 50.5 Å². The van der Waals surface area contributed by atoms with Crippen molar-refractivity contribution < 1.29 is 0 Å². The lowest BCUT2D eigenvalue weighted by molar-refractivity contribution is 0.0215. The van der Waals surface area contributed by atoms with E-state index in [1.807, 2.05) is 0 Å². The molecule has 0 bridgehead atoms. The second-order valence-corrected chi connectivity index (χ2v) is 9.59. The third-order valence-electron chi connectivity index (χ3n) is 8.48. The van der Waals surface area contributed by atoms with E-state index in [9.17, 15) is 0 Å². The highest BCUT2D eigenvalue weighted by atomic mass is 14.8. The lowest BCUT2D eigenvalue weighted by atomic mass is 9.52. The number of rotatable bonds is 3. The number of fused-ring (bicyclic) bond motifs is 5. The summed E-state index contributed by atoms with van der Waals surface area (Å²) in [5.74, 6) is 3.06. The van der Waals surface area contributed by atoms with Gasteiger partial charge in [0.1, 0.15) is 0 Å². The highest BCUT2D eigenvalue weighted by molar-refractivity contribution is 5.35. The molecule has 0 radical (unpaired) electrons. The minimum absolute atomic E-state index is 0.364. The van der Waals surface area contributed by atoms with Crippen LogP contribution in [0, 0.1) is 17.3 Å². The summed E-state index contributed by atoms with van der Waals surface area (Å²) in [6.45, 7) is 2.43. The predicted molar refractivity (Wildman–Crippen MR) is 113 cm³/mol. The number of hydrogen-bond donors (Lipinski definition) is 1.